The molecule has 0 unspecified atom stereocenters. The van der Waals surface area contributed by atoms with E-state index >= 15 is 0 Å². The molecule has 1 aromatic carbocycles. The van der Waals surface area contributed by atoms with Gasteiger partial charge in [-0.2, -0.15) is 4.57 Å². The van der Waals surface area contributed by atoms with Gasteiger partial charge in [-0.1, -0.05) is 30.3 Å². The number of aromatic nitrogens is 1. The molecule has 0 bridgehead atoms. The van der Waals surface area contributed by atoms with Crippen LogP contribution in [-0.2, 0) is 32.2 Å². The fourth-order valence-corrected chi connectivity index (χ4v) is 2.30. The molecule has 1 aliphatic rings. The van der Waals surface area contributed by atoms with Crippen molar-refractivity contribution in [2.24, 2.45) is 0 Å². The lowest BCUT2D eigenvalue weighted by atomic mass is 10.2. The molecular weight excluding hydrogens is 442 g/mol. The zero-order valence-corrected chi connectivity index (χ0v) is 16.3. The van der Waals surface area contributed by atoms with Crippen LogP contribution in [0, 0.1) is 0 Å². The highest BCUT2D eigenvalue weighted by Crippen LogP contribution is 2.19. The summed E-state index contributed by atoms with van der Waals surface area (Å²) in [6.07, 6.45) is 1.41. The van der Waals surface area contributed by atoms with E-state index in [-0.39, 0.29) is 53.1 Å². The van der Waals surface area contributed by atoms with Crippen LogP contribution in [0.3, 0.4) is 0 Å². The van der Waals surface area contributed by atoms with Crippen molar-refractivity contribution in [3.63, 3.8) is 0 Å². The molecule has 1 aliphatic heterocycles. The summed E-state index contributed by atoms with van der Waals surface area (Å²) in [6, 6.07) is 15.3. The maximum absolute atomic E-state index is 12.0. The molecule has 0 aliphatic carbocycles. The van der Waals surface area contributed by atoms with Crippen molar-refractivity contribution in [1.82, 2.24) is 0 Å². The number of esters is 1. The van der Waals surface area contributed by atoms with E-state index in [1.165, 1.54) is 0 Å². The zero-order valence-electron chi connectivity index (χ0n) is 13.0. The number of pyridine rings is 1. The fraction of sp³-hybridized carbons (Fsp3) is 0.294. The Morgan fingerprint density at radius 2 is 1.75 bits per heavy atom. The quantitative estimate of drug-likeness (QED) is 0.439. The highest BCUT2D eigenvalue weighted by molar-refractivity contribution is 8.93. The van der Waals surface area contributed by atoms with Crippen LogP contribution in [0.15, 0.2) is 54.7 Å². The molecule has 5 nitrogen and oxygen atoms in total. The Morgan fingerprint density at radius 1 is 1.08 bits per heavy atom. The van der Waals surface area contributed by atoms with Crippen molar-refractivity contribution in [3.8, 4) is 0 Å². The summed E-state index contributed by atoms with van der Waals surface area (Å²) in [5, 5.41) is 0. The number of hydrogen-bond acceptors (Lipinski definition) is 4. The van der Waals surface area contributed by atoms with Crippen molar-refractivity contribution in [2.75, 3.05) is 13.2 Å². The Hall–Kier alpha value is -1.28. The molecule has 0 atom stereocenters. The minimum Gasteiger partial charge on any atom is -1.00 e. The average molecular weight is 461 g/mol. The Balaban J connectivity index is 0.00000144. The van der Waals surface area contributed by atoms with E-state index in [4.69, 9.17) is 14.2 Å². The second-order valence-corrected chi connectivity index (χ2v) is 4.97. The number of carbonyl (C=O) groups excluding carboxylic acids is 1. The smallest absolute Gasteiger partial charge is 0.373 e. The molecule has 1 fully saturated rings. The van der Waals surface area contributed by atoms with Gasteiger partial charge in [0.15, 0.2) is 6.20 Å². The van der Waals surface area contributed by atoms with E-state index in [1.807, 2.05) is 54.7 Å². The lowest BCUT2D eigenvalue weighted by molar-refractivity contribution is -0.699. The normalized spacial score (nSPS) is 13.7. The summed E-state index contributed by atoms with van der Waals surface area (Å²) in [4.78, 5) is 12.0. The zero-order chi connectivity index (χ0) is 15.2. The van der Waals surface area contributed by atoms with E-state index in [2.05, 4.69) is 0 Å². The van der Waals surface area contributed by atoms with Crippen molar-refractivity contribution < 1.29 is 40.6 Å². The van der Waals surface area contributed by atoms with Gasteiger partial charge in [0.1, 0.15) is 6.61 Å². The number of ether oxygens (including phenoxy) is 3. The first kappa shape index (κ1) is 20.8. The molecule has 0 saturated carbocycles. The van der Waals surface area contributed by atoms with Gasteiger partial charge in [-0.15, -0.1) is 17.0 Å². The van der Waals surface area contributed by atoms with Crippen LogP contribution in [0.1, 0.15) is 17.5 Å². The predicted molar refractivity (Wildman–Crippen MR) is 87.8 cm³/mol. The second kappa shape index (κ2) is 10.6. The minimum atomic E-state index is -0.414. The molecule has 0 amide bonds. The maximum Gasteiger partial charge on any atom is 0.373 e. The Labute approximate surface area is 162 Å². The van der Waals surface area contributed by atoms with Crippen LogP contribution in [-0.4, -0.2) is 19.2 Å². The van der Waals surface area contributed by atoms with E-state index in [1.54, 1.807) is 4.57 Å². The number of carbonyl (C=O) groups is 1. The van der Waals surface area contributed by atoms with Gasteiger partial charge >= 0.3 is 5.97 Å². The molecule has 130 valence electrons. The van der Waals surface area contributed by atoms with Crippen LogP contribution in [0.4, 0.5) is 0 Å². The molecule has 0 N–H and O–H groups in total. The molecule has 0 radical (unpaired) electrons. The molecular formula is C17H19Br2NO4. The third kappa shape index (κ3) is 5.66. The van der Waals surface area contributed by atoms with E-state index in [0.717, 1.165) is 11.3 Å². The molecule has 24 heavy (non-hydrogen) atoms. The van der Waals surface area contributed by atoms with Crippen LogP contribution in [0.25, 0.3) is 0 Å². The Kier molecular flexibility index (Phi) is 9.13. The van der Waals surface area contributed by atoms with E-state index < -0.39 is 6.29 Å². The number of benzene rings is 1. The molecule has 1 aromatic heterocycles. The van der Waals surface area contributed by atoms with Crippen LogP contribution >= 0.6 is 17.0 Å². The highest BCUT2D eigenvalue weighted by atomic mass is 79.9. The monoisotopic (exact) mass is 459 g/mol. The topological polar surface area (TPSA) is 48.6 Å². The third-order valence-electron chi connectivity index (χ3n) is 3.38. The summed E-state index contributed by atoms with van der Waals surface area (Å²) in [5.41, 5.74) is 1.79. The van der Waals surface area contributed by atoms with Crippen molar-refractivity contribution >= 4 is 23.0 Å². The average Bonchev–Trinajstić information content (AvgIpc) is 3.09. The summed E-state index contributed by atoms with van der Waals surface area (Å²) in [5.74, 6) is -0.292. The Morgan fingerprint density at radius 3 is 2.46 bits per heavy atom. The lowest BCUT2D eigenvalue weighted by Gasteiger charge is -2.09. The van der Waals surface area contributed by atoms with Gasteiger partial charge in [0.2, 0.25) is 18.5 Å². The maximum atomic E-state index is 12.0. The molecule has 2 aromatic rings. The predicted octanol–water partition coefficient (Wildman–Crippen LogP) is -0.655. The Bertz CT molecular complexity index is 633. The standard InChI is InChI=1S/C17H18NO4.2BrH/c19-16(22-13-14-6-2-1-3-7-14)12-18-9-5-4-8-15(18)17-20-10-11-21-17;;/h1-9,17H,10-13H2;2*1H/q+1;;/p-1. The molecule has 1 saturated heterocycles. The largest absolute Gasteiger partial charge is 1.00 e. The van der Waals surface area contributed by atoms with Gasteiger partial charge in [0.25, 0.3) is 0 Å². The van der Waals surface area contributed by atoms with Crippen LogP contribution in [0.2, 0.25) is 0 Å². The molecule has 3 rings (SSSR count). The summed E-state index contributed by atoms with van der Waals surface area (Å²) in [6.45, 7) is 1.54. The third-order valence-corrected chi connectivity index (χ3v) is 3.38. The first-order chi connectivity index (χ1) is 10.8. The molecule has 2 heterocycles. The van der Waals surface area contributed by atoms with Crippen molar-refractivity contribution in [2.45, 2.75) is 19.4 Å². The van der Waals surface area contributed by atoms with Crippen molar-refractivity contribution in [1.29, 1.82) is 0 Å². The SMILES string of the molecule is Br.O=C(C[n+]1ccccc1C1OCCO1)OCc1ccccc1.[Br-]. The summed E-state index contributed by atoms with van der Waals surface area (Å²) < 4.78 is 18.1. The van der Waals surface area contributed by atoms with Gasteiger partial charge in [-0.05, 0) is 11.6 Å². The van der Waals surface area contributed by atoms with Crippen molar-refractivity contribution in [3.05, 3.63) is 66.0 Å². The van der Waals surface area contributed by atoms with Crippen LogP contribution in [0.5, 0.6) is 0 Å². The molecule has 0 spiro atoms. The lowest BCUT2D eigenvalue weighted by Crippen LogP contribution is -3.00. The van der Waals surface area contributed by atoms with E-state index in [9.17, 15) is 4.79 Å². The van der Waals surface area contributed by atoms with Gasteiger partial charge in [0.05, 0.1) is 13.2 Å². The number of rotatable bonds is 5. The van der Waals surface area contributed by atoms with Gasteiger partial charge in [-0.3, -0.25) is 0 Å². The molecule has 7 heteroatoms. The summed E-state index contributed by atoms with van der Waals surface area (Å²) in [7, 11) is 0. The van der Waals surface area contributed by atoms with Crippen LogP contribution < -0.4 is 21.5 Å². The fourth-order valence-electron chi connectivity index (χ4n) is 2.30. The number of halogens is 2. The first-order valence-electron chi connectivity index (χ1n) is 7.24. The van der Waals surface area contributed by atoms with Gasteiger partial charge < -0.3 is 31.2 Å². The highest BCUT2D eigenvalue weighted by Gasteiger charge is 2.28. The number of nitrogens with zero attached hydrogens (tertiary/aromatic N) is 1. The second-order valence-electron chi connectivity index (χ2n) is 4.97. The van der Waals surface area contributed by atoms with Gasteiger partial charge in [0, 0.05) is 12.1 Å². The summed E-state index contributed by atoms with van der Waals surface area (Å²) >= 11 is 0. The van der Waals surface area contributed by atoms with Gasteiger partial charge in [-0.25, -0.2) is 4.79 Å². The first-order valence-corrected chi connectivity index (χ1v) is 7.24. The van der Waals surface area contributed by atoms with E-state index in [0.29, 0.717) is 13.2 Å². The number of hydrogen-bond donors (Lipinski definition) is 0. The minimum absolute atomic E-state index is 0.